The lowest BCUT2D eigenvalue weighted by Gasteiger charge is -2.24. The first-order valence-corrected chi connectivity index (χ1v) is 9.83. The number of primary sulfonamides is 1. The highest BCUT2D eigenvalue weighted by molar-refractivity contribution is 7.89. The number of nitrogens with two attached hydrogens (primary N) is 1. The maximum Gasteiger partial charge on any atom is 0.295 e. The molecule has 25 heavy (non-hydrogen) atoms. The number of thiocarbonyl (C=S) groups is 1. The molecule has 0 amide bonds. The summed E-state index contributed by atoms with van der Waals surface area (Å²) in [5.41, 5.74) is 5.06. The highest BCUT2D eigenvalue weighted by atomic mass is 32.2. The molecule has 2 aliphatic rings. The number of nitrogens with zero attached hydrogens (tertiary/aromatic N) is 1. The van der Waals surface area contributed by atoms with Crippen molar-refractivity contribution in [3.63, 3.8) is 0 Å². The molecule has 0 spiro atoms. The summed E-state index contributed by atoms with van der Waals surface area (Å²) in [6.07, 6.45) is 4.81. The van der Waals surface area contributed by atoms with Gasteiger partial charge in [-0.3, -0.25) is 21.0 Å². The molecule has 0 radical (unpaired) electrons. The van der Waals surface area contributed by atoms with Crippen LogP contribution in [0.2, 0.25) is 0 Å². The summed E-state index contributed by atoms with van der Waals surface area (Å²) in [5.74, 6) is 1.40. The highest BCUT2D eigenvalue weighted by Crippen LogP contribution is 2.44. The van der Waals surface area contributed by atoms with Gasteiger partial charge in [0.2, 0.25) is 10.0 Å². The number of rotatable bonds is 5. The van der Waals surface area contributed by atoms with E-state index in [-0.39, 0.29) is 10.6 Å². The molecular weight excluding hydrogens is 366 g/mol. The van der Waals surface area contributed by atoms with Gasteiger partial charge in [-0.15, -0.1) is 0 Å². The van der Waals surface area contributed by atoms with Gasteiger partial charge in [-0.2, -0.15) is 0 Å². The Labute approximate surface area is 150 Å². The summed E-state index contributed by atoms with van der Waals surface area (Å²) in [6.45, 7) is 0. The van der Waals surface area contributed by atoms with Gasteiger partial charge < -0.3 is 5.32 Å². The molecule has 0 aliphatic heterocycles. The zero-order valence-corrected chi connectivity index (χ0v) is 14.9. The third-order valence-corrected chi connectivity index (χ3v) is 5.99. The Kier molecular flexibility index (Phi) is 4.80. The fourth-order valence-electron chi connectivity index (χ4n) is 3.70. The van der Waals surface area contributed by atoms with Crippen LogP contribution in [0.4, 0.5) is 11.4 Å². The third-order valence-electron chi connectivity index (χ3n) is 4.86. The summed E-state index contributed by atoms with van der Waals surface area (Å²) in [7, 11) is -4.02. The minimum absolute atomic E-state index is 0.0921. The van der Waals surface area contributed by atoms with Crippen molar-refractivity contribution in [1.82, 2.24) is 10.7 Å². The van der Waals surface area contributed by atoms with Gasteiger partial charge in [0.25, 0.3) is 5.69 Å². The van der Waals surface area contributed by atoms with Gasteiger partial charge in [0.05, 0.1) is 9.82 Å². The zero-order valence-electron chi connectivity index (χ0n) is 13.3. The molecule has 0 aromatic heterocycles. The number of benzene rings is 1. The molecule has 0 saturated heterocycles. The van der Waals surface area contributed by atoms with E-state index in [0.717, 1.165) is 18.4 Å². The molecule has 5 N–H and O–H groups in total. The molecule has 11 heteroatoms. The van der Waals surface area contributed by atoms with Crippen LogP contribution < -0.4 is 21.3 Å². The average molecular weight is 385 g/mol. The first-order chi connectivity index (χ1) is 11.7. The standard InChI is InChI=1S/C14H19N5O4S2/c15-25(22,23)10-3-4-11(13(7-10)19(20)21)17-18-14(24)16-12-6-8-1-2-9(12)5-8/h3-4,7-9,12,17H,1-2,5-6H2,(H2,15,22,23)(H2,16,18,24). The van der Waals surface area contributed by atoms with Crippen molar-refractivity contribution in [3.8, 4) is 0 Å². The molecule has 2 bridgehead atoms. The van der Waals surface area contributed by atoms with Gasteiger partial charge in [0.15, 0.2) is 5.11 Å². The topological polar surface area (TPSA) is 139 Å². The molecule has 0 heterocycles. The number of hydrazine groups is 1. The van der Waals surface area contributed by atoms with E-state index >= 15 is 0 Å². The van der Waals surface area contributed by atoms with Crippen LogP contribution in [0, 0.1) is 22.0 Å². The van der Waals surface area contributed by atoms with E-state index in [1.807, 2.05) is 0 Å². The van der Waals surface area contributed by atoms with Crippen LogP contribution in [-0.4, -0.2) is 24.5 Å². The summed E-state index contributed by atoms with van der Waals surface area (Å²) in [4.78, 5) is 10.1. The third kappa shape index (κ3) is 3.99. The van der Waals surface area contributed by atoms with E-state index in [1.165, 1.54) is 31.4 Å². The molecule has 3 unspecified atom stereocenters. The van der Waals surface area contributed by atoms with Gasteiger partial charge in [0, 0.05) is 12.1 Å². The van der Waals surface area contributed by atoms with Crippen molar-refractivity contribution >= 4 is 38.7 Å². The molecule has 2 aliphatic carbocycles. The SMILES string of the molecule is NS(=O)(=O)c1ccc(NNC(=S)NC2CC3CCC2C3)c([N+](=O)[O-])c1. The minimum atomic E-state index is -4.02. The lowest BCUT2D eigenvalue weighted by atomic mass is 9.96. The second kappa shape index (κ2) is 6.73. The van der Waals surface area contributed by atoms with E-state index in [9.17, 15) is 18.5 Å². The van der Waals surface area contributed by atoms with Crippen LogP contribution in [0.1, 0.15) is 25.7 Å². The van der Waals surface area contributed by atoms with Crippen LogP contribution in [0.5, 0.6) is 0 Å². The summed E-state index contributed by atoms with van der Waals surface area (Å²) in [5, 5.41) is 19.8. The molecule has 3 rings (SSSR count). The molecule has 9 nitrogen and oxygen atoms in total. The van der Waals surface area contributed by atoms with Crippen LogP contribution in [0.25, 0.3) is 0 Å². The Morgan fingerprint density at radius 2 is 2.08 bits per heavy atom. The summed E-state index contributed by atoms with van der Waals surface area (Å²) in [6, 6.07) is 3.70. The van der Waals surface area contributed by atoms with Crippen molar-refractivity contribution in [2.75, 3.05) is 5.43 Å². The molecule has 2 saturated carbocycles. The normalized spacial score (nSPS) is 24.8. The van der Waals surface area contributed by atoms with Gasteiger partial charge in [0.1, 0.15) is 5.69 Å². The van der Waals surface area contributed by atoms with E-state index < -0.39 is 20.6 Å². The van der Waals surface area contributed by atoms with Crippen LogP contribution in [0.3, 0.4) is 0 Å². The lowest BCUT2D eigenvalue weighted by molar-refractivity contribution is -0.384. The monoisotopic (exact) mass is 385 g/mol. The second-order valence-corrected chi connectivity index (χ2v) is 8.46. The first kappa shape index (κ1) is 17.8. The largest absolute Gasteiger partial charge is 0.358 e. The smallest absolute Gasteiger partial charge is 0.295 e. The number of sulfonamides is 1. The number of nitro benzene ring substituents is 1. The van der Waals surface area contributed by atoms with E-state index in [2.05, 4.69) is 16.2 Å². The van der Waals surface area contributed by atoms with Gasteiger partial charge in [-0.25, -0.2) is 13.6 Å². The predicted octanol–water partition coefficient (Wildman–Crippen LogP) is 1.22. The number of hydrogen-bond donors (Lipinski definition) is 4. The number of nitro groups is 1. The number of hydrogen-bond acceptors (Lipinski definition) is 6. The lowest BCUT2D eigenvalue weighted by Crippen LogP contribution is -2.46. The van der Waals surface area contributed by atoms with Gasteiger partial charge >= 0.3 is 0 Å². The Morgan fingerprint density at radius 3 is 2.64 bits per heavy atom. The Balaban J connectivity index is 1.64. The maximum atomic E-state index is 11.3. The van der Waals surface area contributed by atoms with E-state index in [4.69, 9.17) is 17.4 Å². The summed E-state index contributed by atoms with van der Waals surface area (Å²) >= 11 is 5.23. The maximum absolute atomic E-state index is 11.3. The Morgan fingerprint density at radius 1 is 1.32 bits per heavy atom. The molecule has 1 aromatic rings. The predicted molar refractivity (Wildman–Crippen MR) is 96.2 cm³/mol. The number of nitrogens with one attached hydrogen (secondary N) is 3. The fraction of sp³-hybridized carbons (Fsp3) is 0.500. The van der Waals surface area contributed by atoms with Crippen molar-refractivity contribution in [3.05, 3.63) is 28.3 Å². The van der Waals surface area contributed by atoms with Crippen molar-refractivity contribution < 1.29 is 13.3 Å². The van der Waals surface area contributed by atoms with Crippen LogP contribution in [-0.2, 0) is 10.0 Å². The molecule has 3 atom stereocenters. The van der Waals surface area contributed by atoms with Crippen molar-refractivity contribution in [1.29, 1.82) is 0 Å². The molecule has 2 fully saturated rings. The van der Waals surface area contributed by atoms with Crippen LogP contribution >= 0.6 is 12.2 Å². The Hall–Kier alpha value is -1.98. The van der Waals surface area contributed by atoms with Crippen molar-refractivity contribution in [2.24, 2.45) is 17.0 Å². The van der Waals surface area contributed by atoms with Crippen molar-refractivity contribution in [2.45, 2.75) is 36.6 Å². The second-order valence-electron chi connectivity index (χ2n) is 6.49. The number of fused-ring (bicyclic) bond motifs is 2. The fourth-order valence-corrected chi connectivity index (χ4v) is 4.43. The number of anilines is 1. The van der Waals surface area contributed by atoms with Gasteiger partial charge in [-0.1, -0.05) is 6.42 Å². The summed E-state index contributed by atoms with van der Waals surface area (Å²) < 4.78 is 22.7. The zero-order chi connectivity index (χ0) is 18.2. The molecule has 136 valence electrons. The van der Waals surface area contributed by atoms with E-state index in [0.29, 0.717) is 17.1 Å². The highest BCUT2D eigenvalue weighted by Gasteiger charge is 2.39. The van der Waals surface area contributed by atoms with Crippen LogP contribution in [0.15, 0.2) is 23.1 Å². The molecule has 1 aromatic carbocycles. The van der Waals surface area contributed by atoms with Gasteiger partial charge in [-0.05, 0) is 55.4 Å². The van der Waals surface area contributed by atoms with E-state index in [1.54, 1.807) is 0 Å². The Bertz CT molecular complexity index is 813. The average Bonchev–Trinajstić information content (AvgIpc) is 3.14. The minimum Gasteiger partial charge on any atom is -0.358 e. The first-order valence-electron chi connectivity index (χ1n) is 7.88. The quantitative estimate of drug-likeness (QED) is 0.337. The molecular formula is C14H19N5O4S2.